The number of carbonyl (C=O) groups is 2. The van der Waals surface area contributed by atoms with E-state index in [-0.39, 0.29) is 12.5 Å². The van der Waals surface area contributed by atoms with E-state index in [2.05, 4.69) is 5.32 Å². The predicted molar refractivity (Wildman–Crippen MR) is 98.7 cm³/mol. The van der Waals surface area contributed by atoms with E-state index in [1.807, 2.05) is 42.5 Å². The van der Waals surface area contributed by atoms with Crippen LogP contribution < -0.4 is 10.8 Å². The van der Waals surface area contributed by atoms with Gasteiger partial charge in [0.05, 0.1) is 0 Å². The SMILES string of the molecule is O=C(NO)c1cccc(CNC(=O)c2ccc(-c3ccccc3)cc2)c1. The molecule has 3 aromatic carbocycles. The van der Waals surface area contributed by atoms with Crippen LogP contribution >= 0.6 is 0 Å². The normalized spacial score (nSPS) is 10.2. The van der Waals surface area contributed by atoms with Gasteiger partial charge < -0.3 is 5.32 Å². The zero-order valence-corrected chi connectivity index (χ0v) is 14.0. The average molecular weight is 346 g/mol. The van der Waals surface area contributed by atoms with E-state index in [9.17, 15) is 9.59 Å². The highest BCUT2D eigenvalue weighted by Gasteiger charge is 2.08. The van der Waals surface area contributed by atoms with E-state index in [1.165, 1.54) is 0 Å². The monoisotopic (exact) mass is 346 g/mol. The molecule has 0 aliphatic heterocycles. The Kier molecular flexibility index (Phi) is 5.41. The van der Waals surface area contributed by atoms with Gasteiger partial charge in [0.1, 0.15) is 0 Å². The standard InChI is InChI=1S/C21H18N2O3/c24-20(22-14-15-5-4-8-19(13-15)21(25)23-26)18-11-9-17(10-12-18)16-6-2-1-3-7-16/h1-13,26H,14H2,(H,22,24)(H,23,25). The van der Waals surface area contributed by atoms with Gasteiger partial charge in [-0.15, -0.1) is 0 Å². The van der Waals surface area contributed by atoms with Crippen LogP contribution in [-0.2, 0) is 6.54 Å². The van der Waals surface area contributed by atoms with Crippen LogP contribution in [0.25, 0.3) is 11.1 Å². The molecule has 3 rings (SSSR count). The molecule has 26 heavy (non-hydrogen) atoms. The van der Waals surface area contributed by atoms with Crippen LogP contribution in [0.2, 0.25) is 0 Å². The molecule has 3 N–H and O–H groups in total. The van der Waals surface area contributed by atoms with Gasteiger partial charge >= 0.3 is 0 Å². The fourth-order valence-corrected chi connectivity index (χ4v) is 2.62. The molecular formula is C21H18N2O3. The van der Waals surface area contributed by atoms with Crippen molar-refractivity contribution in [1.82, 2.24) is 10.8 Å². The molecule has 0 heterocycles. The van der Waals surface area contributed by atoms with Crippen LogP contribution in [0.15, 0.2) is 78.9 Å². The van der Waals surface area contributed by atoms with Crippen LogP contribution in [0.1, 0.15) is 26.3 Å². The highest BCUT2D eigenvalue weighted by Crippen LogP contribution is 2.19. The van der Waals surface area contributed by atoms with Crippen LogP contribution in [0, 0.1) is 0 Å². The van der Waals surface area contributed by atoms with Crippen LogP contribution in [0.3, 0.4) is 0 Å². The largest absolute Gasteiger partial charge is 0.348 e. The summed E-state index contributed by atoms with van der Waals surface area (Å²) >= 11 is 0. The fourth-order valence-electron chi connectivity index (χ4n) is 2.62. The average Bonchev–Trinajstić information content (AvgIpc) is 2.72. The molecule has 5 heteroatoms. The van der Waals surface area contributed by atoms with Crippen LogP contribution in [0.5, 0.6) is 0 Å². The first-order valence-electron chi connectivity index (χ1n) is 8.14. The van der Waals surface area contributed by atoms with Crippen molar-refractivity contribution < 1.29 is 14.8 Å². The lowest BCUT2D eigenvalue weighted by molar-refractivity contribution is 0.0706. The maximum absolute atomic E-state index is 12.3. The van der Waals surface area contributed by atoms with Crippen LogP contribution in [-0.4, -0.2) is 17.0 Å². The number of hydrogen-bond donors (Lipinski definition) is 3. The lowest BCUT2D eigenvalue weighted by Crippen LogP contribution is -2.23. The van der Waals surface area contributed by atoms with Gasteiger partial charge in [0.2, 0.25) is 0 Å². The summed E-state index contributed by atoms with van der Waals surface area (Å²) < 4.78 is 0. The molecule has 0 unspecified atom stereocenters. The maximum atomic E-state index is 12.3. The first-order valence-corrected chi connectivity index (χ1v) is 8.14. The first-order chi connectivity index (χ1) is 12.7. The van der Waals surface area contributed by atoms with E-state index >= 15 is 0 Å². The number of nitrogens with one attached hydrogen (secondary N) is 2. The maximum Gasteiger partial charge on any atom is 0.274 e. The van der Waals surface area contributed by atoms with Gasteiger partial charge in [-0.3, -0.25) is 14.8 Å². The molecule has 0 atom stereocenters. The smallest absolute Gasteiger partial charge is 0.274 e. The Labute approximate surface area is 151 Å². The molecule has 0 aliphatic rings. The second-order valence-electron chi connectivity index (χ2n) is 5.77. The molecule has 0 aromatic heterocycles. The lowest BCUT2D eigenvalue weighted by Gasteiger charge is -2.08. The Hall–Kier alpha value is -3.44. The molecule has 130 valence electrons. The summed E-state index contributed by atoms with van der Waals surface area (Å²) in [6, 6.07) is 24.0. The number of hydrogen-bond acceptors (Lipinski definition) is 3. The third kappa shape index (κ3) is 4.15. The zero-order valence-electron chi connectivity index (χ0n) is 14.0. The Bertz CT molecular complexity index is 906. The number of benzene rings is 3. The summed E-state index contributed by atoms with van der Waals surface area (Å²) in [5.74, 6) is -0.781. The van der Waals surface area contributed by atoms with Crippen molar-refractivity contribution in [2.75, 3.05) is 0 Å². The number of amides is 2. The van der Waals surface area contributed by atoms with E-state index in [1.54, 1.807) is 41.9 Å². The fraction of sp³-hybridized carbons (Fsp3) is 0.0476. The molecule has 5 nitrogen and oxygen atoms in total. The Balaban J connectivity index is 1.64. The molecule has 0 fully saturated rings. The summed E-state index contributed by atoms with van der Waals surface area (Å²) in [6.07, 6.45) is 0. The van der Waals surface area contributed by atoms with Gasteiger partial charge in [-0.1, -0.05) is 54.6 Å². The van der Waals surface area contributed by atoms with Crippen molar-refractivity contribution in [2.24, 2.45) is 0 Å². The van der Waals surface area contributed by atoms with Crippen molar-refractivity contribution >= 4 is 11.8 Å². The number of hydroxylamine groups is 1. The van der Waals surface area contributed by atoms with Crippen LogP contribution in [0.4, 0.5) is 0 Å². The van der Waals surface area contributed by atoms with Gasteiger partial charge in [0.25, 0.3) is 11.8 Å². The van der Waals surface area contributed by atoms with E-state index in [0.717, 1.165) is 16.7 Å². The molecule has 0 bridgehead atoms. The summed E-state index contributed by atoms with van der Waals surface area (Å²) in [6.45, 7) is 0.284. The van der Waals surface area contributed by atoms with Gasteiger partial charge in [-0.05, 0) is 41.0 Å². The van der Waals surface area contributed by atoms with Crippen molar-refractivity contribution in [3.05, 3.63) is 95.6 Å². The van der Waals surface area contributed by atoms with E-state index < -0.39 is 5.91 Å². The predicted octanol–water partition coefficient (Wildman–Crippen LogP) is 3.40. The molecule has 0 aliphatic carbocycles. The van der Waals surface area contributed by atoms with Gasteiger partial charge in [0, 0.05) is 17.7 Å². The highest BCUT2D eigenvalue weighted by molar-refractivity contribution is 5.95. The number of carbonyl (C=O) groups excluding carboxylic acids is 2. The highest BCUT2D eigenvalue weighted by atomic mass is 16.5. The topological polar surface area (TPSA) is 78.4 Å². The van der Waals surface area contributed by atoms with E-state index in [0.29, 0.717) is 11.1 Å². The van der Waals surface area contributed by atoms with Crippen molar-refractivity contribution in [1.29, 1.82) is 0 Å². The minimum absolute atomic E-state index is 0.193. The molecule has 0 saturated heterocycles. The van der Waals surface area contributed by atoms with Gasteiger partial charge in [0.15, 0.2) is 0 Å². The zero-order chi connectivity index (χ0) is 18.4. The molecular weight excluding hydrogens is 328 g/mol. The molecule has 2 amide bonds. The van der Waals surface area contributed by atoms with Crippen molar-refractivity contribution in [2.45, 2.75) is 6.54 Å². The summed E-state index contributed by atoms with van der Waals surface area (Å²) in [7, 11) is 0. The summed E-state index contributed by atoms with van der Waals surface area (Å²) in [5, 5.41) is 11.5. The third-order valence-electron chi connectivity index (χ3n) is 4.00. The minimum atomic E-state index is -0.588. The molecule has 0 radical (unpaired) electrons. The quantitative estimate of drug-likeness (QED) is 0.489. The lowest BCUT2D eigenvalue weighted by atomic mass is 10.0. The molecule has 0 spiro atoms. The second-order valence-corrected chi connectivity index (χ2v) is 5.77. The van der Waals surface area contributed by atoms with Crippen molar-refractivity contribution in [3.8, 4) is 11.1 Å². The Morgan fingerprint density at radius 1 is 0.731 bits per heavy atom. The molecule has 0 saturated carbocycles. The number of rotatable bonds is 5. The van der Waals surface area contributed by atoms with E-state index in [4.69, 9.17) is 5.21 Å². The minimum Gasteiger partial charge on any atom is -0.348 e. The molecule has 3 aromatic rings. The first kappa shape index (κ1) is 17.4. The summed E-state index contributed by atoms with van der Waals surface area (Å²) in [5.41, 5.74) is 5.39. The second kappa shape index (κ2) is 8.09. The Morgan fingerprint density at radius 3 is 2.12 bits per heavy atom. The van der Waals surface area contributed by atoms with Gasteiger partial charge in [-0.25, -0.2) is 5.48 Å². The Morgan fingerprint density at radius 2 is 1.42 bits per heavy atom. The van der Waals surface area contributed by atoms with Crippen molar-refractivity contribution in [3.63, 3.8) is 0 Å². The third-order valence-corrected chi connectivity index (χ3v) is 4.00. The summed E-state index contributed by atoms with van der Waals surface area (Å²) in [4.78, 5) is 23.7. The van der Waals surface area contributed by atoms with Gasteiger partial charge in [-0.2, -0.15) is 0 Å².